The van der Waals surface area contributed by atoms with Crippen LogP contribution in [0.5, 0.6) is 5.75 Å². The van der Waals surface area contributed by atoms with Crippen molar-refractivity contribution in [2.45, 2.75) is 63.7 Å². The smallest absolute Gasteiger partial charge is 0.304 e. The largest absolute Gasteiger partial charge is 0.496 e. The molecule has 1 aliphatic rings. The maximum atomic E-state index is 11.1. The van der Waals surface area contributed by atoms with E-state index in [1.54, 1.807) is 7.11 Å². The minimum Gasteiger partial charge on any atom is -0.496 e. The SMILES string of the molecule is COc1ccc(C2CCCCC2)cc1C(C)(C)CC(=O)O. The van der Waals surface area contributed by atoms with Crippen LogP contribution in [0.1, 0.15) is 69.4 Å². The van der Waals surface area contributed by atoms with Crippen LogP contribution in [0, 0.1) is 0 Å². The monoisotopic (exact) mass is 290 g/mol. The van der Waals surface area contributed by atoms with Crippen LogP contribution in [0.4, 0.5) is 0 Å². The second kappa shape index (κ2) is 6.50. The molecular weight excluding hydrogens is 264 g/mol. The molecule has 116 valence electrons. The topological polar surface area (TPSA) is 46.5 Å². The molecule has 0 radical (unpaired) electrons. The molecule has 0 saturated heterocycles. The van der Waals surface area contributed by atoms with Gasteiger partial charge in [-0.15, -0.1) is 0 Å². The van der Waals surface area contributed by atoms with Crippen molar-refractivity contribution < 1.29 is 14.6 Å². The van der Waals surface area contributed by atoms with E-state index in [2.05, 4.69) is 12.1 Å². The number of rotatable bonds is 5. The van der Waals surface area contributed by atoms with Crippen LogP contribution in [-0.2, 0) is 10.2 Å². The van der Waals surface area contributed by atoms with Gasteiger partial charge in [0.2, 0.25) is 0 Å². The number of hydrogen-bond donors (Lipinski definition) is 1. The minimum atomic E-state index is -0.773. The molecule has 0 atom stereocenters. The van der Waals surface area contributed by atoms with Gasteiger partial charge in [0.25, 0.3) is 0 Å². The van der Waals surface area contributed by atoms with Crippen LogP contribution in [0.3, 0.4) is 0 Å². The third-order valence-corrected chi connectivity index (χ3v) is 4.62. The zero-order chi connectivity index (χ0) is 15.5. The van der Waals surface area contributed by atoms with Crippen LogP contribution in [0.15, 0.2) is 18.2 Å². The number of ether oxygens (including phenoxy) is 1. The van der Waals surface area contributed by atoms with E-state index in [-0.39, 0.29) is 6.42 Å². The summed E-state index contributed by atoms with van der Waals surface area (Å²) in [6, 6.07) is 6.33. The van der Waals surface area contributed by atoms with Crippen molar-refractivity contribution in [1.82, 2.24) is 0 Å². The number of carbonyl (C=O) groups is 1. The molecule has 1 saturated carbocycles. The van der Waals surface area contributed by atoms with E-state index < -0.39 is 11.4 Å². The van der Waals surface area contributed by atoms with Gasteiger partial charge in [-0.3, -0.25) is 4.79 Å². The van der Waals surface area contributed by atoms with Crippen LogP contribution < -0.4 is 4.74 Å². The Morgan fingerprint density at radius 1 is 1.29 bits per heavy atom. The summed E-state index contributed by atoms with van der Waals surface area (Å²) in [5, 5.41) is 9.15. The second-order valence-electron chi connectivity index (χ2n) is 6.75. The van der Waals surface area contributed by atoms with E-state index in [1.807, 2.05) is 19.9 Å². The highest BCUT2D eigenvalue weighted by Crippen LogP contribution is 2.39. The highest BCUT2D eigenvalue weighted by Gasteiger charge is 2.28. The first-order valence-corrected chi connectivity index (χ1v) is 7.84. The average molecular weight is 290 g/mol. The van der Waals surface area contributed by atoms with Gasteiger partial charge in [0, 0.05) is 11.0 Å². The molecule has 3 nitrogen and oxygen atoms in total. The fourth-order valence-corrected chi connectivity index (χ4v) is 3.42. The van der Waals surface area contributed by atoms with E-state index in [4.69, 9.17) is 9.84 Å². The van der Waals surface area contributed by atoms with Gasteiger partial charge >= 0.3 is 5.97 Å². The lowest BCUT2D eigenvalue weighted by molar-refractivity contribution is -0.138. The molecule has 3 heteroatoms. The summed E-state index contributed by atoms with van der Waals surface area (Å²) in [4.78, 5) is 11.1. The molecule has 0 unspecified atom stereocenters. The molecule has 1 fully saturated rings. The molecule has 1 aromatic rings. The van der Waals surface area contributed by atoms with E-state index in [0.29, 0.717) is 5.92 Å². The van der Waals surface area contributed by atoms with E-state index in [1.165, 1.54) is 37.7 Å². The number of carboxylic acids is 1. The molecular formula is C18H26O3. The van der Waals surface area contributed by atoms with Crippen molar-refractivity contribution in [2.75, 3.05) is 7.11 Å². The van der Waals surface area contributed by atoms with Gasteiger partial charge in [-0.05, 0) is 30.4 Å². The van der Waals surface area contributed by atoms with Crippen LogP contribution in [0.2, 0.25) is 0 Å². The summed E-state index contributed by atoms with van der Waals surface area (Å²) in [5.41, 5.74) is 1.92. The van der Waals surface area contributed by atoms with Crippen molar-refractivity contribution in [1.29, 1.82) is 0 Å². The normalized spacial score (nSPS) is 16.7. The van der Waals surface area contributed by atoms with E-state index >= 15 is 0 Å². The van der Waals surface area contributed by atoms with Crippen LogP contribution >= 0.6 is 0 Å². The average Bonchev–Trinajstić information content (AvgIpc) is 2.46. The van der Waals surface area contributed by atoms with Gasteiger partial charge in [-0.1, -0.05) is 45.2 Å². The van der Waals surface area contributed by atoms with Gasteiger partial charge in [-0.2, -0.15) is 0 Å². The van der Waals surface area contributed by atoms with Gasteiger partial charge in [0.1, 0.15) is 5.75 Å². The predicted octanol–water partition coefficient (Wildman–Crippen LogP) is 4.50. The van der Waals surface area contributed by atoms with E-state index in [9.17, 15) is 4.79 Å². The van der Waals surface area contributed by atoms with Gasteiger partial charge in [-0.25, -0.2) is 0 Å². The summed E-state index contributed by atoms with van der Waals surface area (Å²) in [5.74, 6) is 0.634. The number of methoxy groups -OCH3 is 1. The van der Waals surface area contributed by atoms with Gasteiger partial charge in [0.05, 0.1) is 13.5 Å². The maximum absolute atomic E-state index is 11.1. The molecule has 0 spiro atoms. The molecule has 2 rings (SSSR count). The fraction of sp³-hybridized carbons (Fsp3) is 0.611. The van der Waals surface area contributed by atoms with Crippen LogP contribution in [0.25, 0.3) is 0 Å². The first kappa shape index (κ1) is 15.9. The zero-order valence-electron chi connectivity index (χ0n) is 13.3. The molecule has 0 aliphatic heterocycles. The first-order valence-electron chi connectivity index (χ1n) is 7.84. The van der Waals surface area contributed by atoms with Crippen molar-refractivity contribution in [3.8, 4) is 5.75 Å². The van der Waals surface area contributed by atoms with Crippen molar-refractivity contribution >= 4 is 5.97 Å². The Bertz CT molecular complexity index is 499. The Hall–Kier alpha value is -1.51. The van der Waals surface area contributed by atoms with Gasteiger partial charge < -0.3 is 9.84 Å². The Labute approximate surface area is 127 Å². The van der Waals surface area contributed by atoms with Crippen molar-refractivity contribution in [2.24, 2.45) is 0 Å². The zero-order valence-corrected chi connectivity index (χ0v) is 13.3. The lowest BCUT2D eigenvalue weighted by Gasteiger charge is -2.28. The number of carboxylic acid groups (broad SMARTS) is 1. The summed E-state index contributed by atoms with van der Waals surface area (Å²) < 4.78 is 5.46. The molecule has 1 N–H and O–H groups in total. The summed E-state index contributed by atoms with van der Waals surface area (Å²) >= 11 is 0. The number of benzene rings is 1. The third kappa shape index (κ3) is 3.78. The summed E-state index contributed by atoms with van der Waals surface area (Å²) in [6.45, 7) is 3.95. The number of hydrogen-bond acceptors (Lipinski definition) is 2. The van der Waals surface area contributed by atoms with Crippen molar-refractivity contribution in [3.05, 3.63) is 29.3 Å². The lowest BCUT2D eigenvalue weighted by atomic mass is 9.77. The Morgan fingerprint density at radius 2 is 1.95 bits per heavy atom. The Morgan fingerprint density at radius 3 is 2.52 bits per heavy atom. The van der Waals surface area contributed by atoms with Crippen LogP contribution in [-0.4, -0.2) is 18.2 Å². The molecule has 21 heavy (non-hydrogen) atoms. The van der Waals surface area contributed by atoms with Crippen molar-refractivity contribution in [3.63, 3.8) is 0 Å². The molecule has 0 aromatic heterocycles. The quantitative estimate of drug-likeness (QED) is 0.868. The highest BCUT2D eigenvalue weighted by molar-refractivity contribution is 5.69. The molecule has 0 amide bonds. The lowest BCUT2D eigenvalue weighted by Crippen LogP contribution is -2.23. The van der Waals surface area contributed by atoms with E-state index in [0.717, 1.165) is 11.3 Å². The molecule has 1 aromatic carbocycles. The minimum absolute atomic E-state index is 0.109. The maximum Gasteiger partial charge on any atom is 0.304 e. The fourth-order valence-electron chi connectivity index (χ4n) is 3.42. The predicted molar refractivity (Wildman–Crippen MR) is 84.1 cm³/mol. The third-order valence-electron chi connectivity index (χ3n) is 4.62. The van der Waals surface area contributed by atoms with Gasteiger partial charge in [0.15, 0.2) is 0 Å². The molecule has 1 aliphatic carbocycles. The molecule has 0 bridgehead atoms. The summed E-state index contributed by atoms with van der Waals surface area (Å²) in [7, 11) is 1.65. The number of aliphatic carboxylic acids is 1. The highest BCUT2D eigenvalue weighted by atomic mass is 16.5. The Kier molecular flexibility index (Phi) is 4.92. The first-order chi connectivity index (χ1) is 9.94. The Balaban J connectivity index is 2.35. The summed E-state index contributed by atoms with van der Waals surface area (Å²) in [6.07, 6.45) is 6.52. The standard InChI is InChI=1S/C18H26O3/c1-18(2,12-17(19)20)15-11-14(9-10-16(15)21-3)13-7-5-4-6-8-13/h9-11,13H,4-8,12H2,1-3H3,(H,19,20). The molecule has 0 heterocycles. The second-order valence-corrected chi connectivity index (χ2v) is 6.75.